The Bertz CT molecular complexity index is 895. The van der Waals surface area contributed by atoms with Crippen molar-refractivity contribution in [1.82, 2.24) is 9.88 Å². The molecule has 0 bridgehead atoms. The molecule has 0 aliphatic carbocycles. The molecule has 0 spiro atoms. The van der Waals surface area contributed by atoms with Gasteiger partial charge in [0.15, 0.2) is 5.78 Å². The maximum atomic E-state index is 12.6. The summed E-state index contributed by atoms with van der Waals surface area (Å²) in [6, 6.07) is 19.6. The van der Waals surface area contributed by atoms with Crippen LogP contribution in [0.3, 0.4) is 0 Å². The molecule has 2 heterocycles. The van der Waals surface area contributed by atoms with E-state index in [1.165, 1.54) is 0 Å². The summed E-state index contributed by atoms with van der Waals surface area (Å²) < 4.78 is 5.87. The topological polar surface area (TPSA) is 46.3 Å². The minimum absolute atomic E-state index is 0.127. The number of hydrogen-bond donors (Lipinski definition) is 0. The van der Waals surface area contributed by atoms with Crippen molar-refractivity contribution in [3.05, 3.63) is 77.7 Å². The number of aromatic nitrogens is 1. The normalized spacial score (nSPS) is 15.7. The van der Waals surface area contributed by atoms with Crippen LogP contribution in [0.25, 0.3) is 11.5 Å². The van der Waals surface area contributed by atoms with Gasteiger partial charge in [0.2, 0.25) is 5.89 Å². The predicted molar refractivity (Wildman–Crippen MR) is 105 cm³/mol. The molecule has 1 fully saturated rings. The first kappa shape index (κ1) is 17.7. The van der Waals surface area contributed by atoms with Crippen molar-refractivity contribution in [3.8, 4) is 11.5 Å². The van der Waals surface area contributed by atoms with Crippen molar-refractivity contribution >= 4 is 5.78 Å². The van der Waals surface area contributed by atoms with Gasteiger partial charge in [-0.15, -0.1) is 0 Å². The van der Waals surface area contributed by atoms with E-state index in [0.717, 1.165) is 55.1 Å². The van der Waals surface area contributed by atoms with Crippen molar-refractivity contribution in [1.29, 1.82) is 0 Å². The van der Waals surface area contributed by atoms with Gasteiger partial charge in [-0.3, -0.25) is 9.69 Å². The number of rotatable bonds is 5. The second kappa shape index (κ2) is 7.89. The lowest BCUT2D eigenvalue weighted by molar-refractivity contribution is 0.0833. The van der Waals surface area contributed by atoms with E-state index in [0.29, 0.717) is 5.89 Å². The fraction of sp³-hybridized carbons (Fsp3) is 0.304. The lowest BCUT2D eigenvalue weighted by Gasteiger charge is -2.30. The van der Waals surface area contributed by atoms with E-state index in [2.05, 4.69) is 4.90 Å². The zero-order chi connectivity index (χ0) is 18.6. The van der Waals surface area contributed by atoms with E-state index in [1.54, 1.807) is 0 Å². The van der Waals surface area contributed by atoms with Crippen molar-refractivity contribution < 1.29 is 9.21 Å². The van der Waals surface area contributed by atoms with Gasteiger partial charge in [0.25, 0.3) is 0 Å². The summed E-state index contributed by atoms with van der Waals surface area (Å²) in [5, 5.41) is 0. The first-order valence-electron chi connectivity index (χ1n) is 9.54. The number of piperidine rings is 1. The molecule has 1 aromatic heterocycles. The minimum Gasteiger partial charge on any atom is -0.441 e. The van der Waals surface area contributed by atoms with Gasteiger partial charge < -0.3 is 4.42 Å². The Hall–Kier alpha value is -2.72. The largest absolute Gasteiger partial charge is 0.441 e. The molecule has 3 aromatic rings. The fourth-order valence-corrected chi connectivity index (χ4v) is 3.68. The molecule has 1 aliphatic heterocycles. The van der Waals surface area contributed by atoms with Crippen LogP contribution in [0.2, 0.25) is 0 Å². The number of Topliss-reactive ketones (excluding diaryl/α,β-unsaturated/α-hetero) is 1. The Morgan fingerprint density at radius 3 is 2.33 bits per heavy atom. The fourth-order valence-electron chi connectivity index (χ4n) is 3.68. The molecule has 0 amide bonds. The van der Waals surface area contributed by atoms with Crippen LogP contribution in [-0.2, 0) is 6.54 Å². The van der Waals surface area contributed by atoms with Crippen LogP contribution in [0.4, 0.5) is 0 Å². The highest BCUT2D eigenvalue weighted by molar-refractivity contribution is 5.97. The maximum absolute atomic E-state index is 12.6. The summed E-state index contributed by atoms with van der Waals surface area (Å²) in [5.41, 5.74) is 2.82. The van der Waals surface area contributed by atoms with Crippen LogP contribution in [-0.4, -0.2) is 28.8 Å². The predicted octanol–water partition coefficient (Wildman–Crippen LogP) is 4.74. The van der Waals surface area contributed by atoms with Gasteiger partial charge in [-0.25, -0.2) is 4.98 Å². The SMILES string of the molecule is Cc1oc(-c2ccccc2)nc1CN1CCC(C(=O)c2ccccc2)CC1. The number of oxazole rings is 1. The monoisotopic (exact) mass is 360 g/mol. The van der Waals surface area contributed by atoms with E-state index in [1.807, 2.05) is 67.6 Å². The van der Waals surface area contributed by atoms with Gasteiger partial charge in [-0.1, -0.05) is 48.5 Å². The average molecular weight is 360 g/mol. The van der Waals surface area contributed by atoms with Crippen molar-refractivity contribution in [2.24, 2.45) is 5.92 Å². The van der Waals surface area contributed by atoms with Gasteiger partial charge in [0, 0.05) is 23.6 Å². The minimum atomic E-state index is 0.127. The van der Waals surface area contributed by atoms with Gasteiger partial charge in [-0.2, -0.15) is 0 Å². The van der Waals surface area contributed by atoms with Gasteiger partial charge in [0.1, 0.15) is 5.76 Å². The van der Waals surface area contributed by atoms with Gasteiger partial charge in [0.05, 0.1) is 5.69 Å². The molecule has 0 saturated carbocycles. The number of benzene rings is 2. The van der Waals surface area contributed by atoms with Crippen LogP contribution >= 0.6 is 0 Å². The standard InChI is InChI=1S/C23H24N2O2/c1-17-21(24-23(27-17)20-10-6-3-7-11-20)16-25-14-12-19(13-15-25)22(26)18-8-4-2-5-9-18/h2-11,19H,12-16H2,1H3. The average Bonchev–Trinajstić information content (AvgIpc) is 3.10. The quantitative estimate of drug-likeness (QED) is 0.616. The van der Waals surface area contributed by atoms with E-state index >= 15 is 0 Å². The highest BCUT2D eigenvalue weighted by Gasteiger charge is 2.26. The molecule has 0 atom stereocenters. The van der Waals surface area contributed by atoms with Crippen LogP contribution in [0.15, 0.2) is 65.1 Å². The number of carbonyl (C=O) groups excluding carboxylic acids is 1. The van der Waals surface area contributed by atoms with Crippen LogP contribution in [0.1, 0.15) is 34.7 Å². The Morgan fingerprint density at radius 2 is 1.67 bits per heavy atom. The summed E-state index contributed by atoms with van der Waals surface area (Å²) >= 11 is 0. The highest BCUT2D eigenvalue weighted by Crippen LogP contribution is 2.25. The molecular weight excluding hydrogens is 336 g/mol. The molecule has 4 nitrogen and oxygen atoms in total. The molecule has 0 unspecified atom stereocenters. The zero-order valence-electron chi connectivity index (χ0n) is 15.6. The van der Waals surface area contributed by atoms with Crippen molar-refractivity contribution in [2.45, 2.75) is 26.3 Å². The third-order valence-corrected chi connectivity index (χ3v) is 5.30. The Morgan fingerprint density at radius 1 is 1.04 bits per heavy atom. The number of likely N-dealkylation sites (tertiary alicyclic amines) is 1. The molecular formula is C23H24N2O2. The second-order valence-corrected chi connectivity index (χ2v) is 7.17. The van der Waals surface area contributed by atoms with Crippen molar-refractivity contribution in [2.75, 3.05) is 13.1 Å². The second-order valence-electron chi connectivity index (χ2n) is 7.17. The number of ketones is 1. The smallest absolute Gasteiger partial charge is 0.226 e. The first-order valence-corrected chi connectivity index (χ1v) is 9.54. The molecule has 0 N–H and O–H groups in total. The molecule has 2 aromatic carbocycles. The summed E-state index contributed by atoms with van der Waals surface area (Å²) in [7, 11) is 0. The van der Waals surface area contributed by atoms with Crippen LogP contribution in [0, 0.1) is 12.8 Å². The summed E-state index contributed by atoms with van der Waals surface area (Å²) in [6.07, 6.45) is 1.80. The zero-order valence-corrected chi connectivity index (χ0v) is 15.6. The van der Waals surface area contributed by atoms with E-state index < -0.39 is 0 Å². The third-order valence-electron chi connectivity index (χ3n) is 5.30. The molecule has 4 rings (SSSR count). The Balaban J connectivity index is 1.37. The summed E-state index contributed by atoms with van der Waals surface area (Å²) in [4.78, 5) is 19.7. The van der Waals surface area contributed by atoms with E-state index in [4.69, 9.17) is 9.40 Å². The van der Waals surface area contributed by atoms with E-state index in [9.17, 15) is 4.79 Å². The lowest BCUT2D eigenvalue weighted by atomic mass is 9.89. The molecule has 4 heteroatoms. The van der Waals surface area contributed by atoms with E-state index in [-0.39, 0.29) is 11.7 Å². The summed E-state index contributed by atoms with van der Waals surface area (Å²) in [6.45, 7) is 4.57. The first-order chi connectivity index (χ1) is 13.2. The lowest BCUT2D eigenvalue weighted by Crippen LogP contribution is -2.36. The molecule has 0 radical (unpaired) electrons. The number of hydrogen-bond acceptors (Lipinski definition) is 4. The van der Waals surface area contributed by atoms with Crippen molar-refractivity contribution in [3.63, 3.8) is 0 Å². The molecule has 138 valence electrons. The number of nitrogens with zero attached hydrogens (tertiary/aromatic N) is 2. The molecule has 27 heavy (non-hydrogen) atoms. The van der Waals surface area contributed by atoms with Gasteiger partial charge >= 0.3 is 0 Å². The maximum Gasteiger partial charge on any atom is 0.226 e. The molecule has 1 saturated heterocycles. The van der Waals surface area contributed by atoms with Crippen LogP contribution < -0.4 is 0 Å². The van der Waals surface area contributed by atoms with Gasteiger partial charge in [-0.05, 0) is 45.0 Å². The highest BCUT2D eigenvalue weighted by atomic mass is 16.4. The number of carbonyl (C=O) groups is 1. The Kier molecular flexibility index (Phi) is 5.16. The number of aryl methyl sites for hydroxylation is 1. The Labute approximate surface area is 159 Å². The third kappa shape index (κ3) is 4.01. The summed E-state index contributed by atoms with van der Waals surface area (Å²) in [5.74, 6) is 1.95. The molecule has 1 aliphatic rings. The van der Waals surface area contributed by atoms with Crippen LogP contribution in [0.5, 0.6) is 0 Å².